The number of nitrogens with one attached hydrogen (secondary N) is 1. The van der Waals surface area contributed by atoms with E-state index in [1.54, 1.807) is 24.9 Å². The van der Waals surface area contributed by atoms with Gasteiger partial charge in [0.25, 0.3) is 5.91 Å². The normalized spacial score (nSPS) is 10.4. The van der Waals surface area contributed by atoms with Gasteiger partial charge >= 0.3 is 0 Å². The van der Waals surface area contributed by atoms with Crippen molar-refractivity contribution < 1.29 is 4.79 Å². The second-order valence-electron chi connectivity index (χ2n) is 5.24. The summed E-state index contributed by atoms with van der Waals surface area (Å²) in [5, 5.41) is 2.93. The molecule has 1 amide bonds. The molecule has 0 spiro atoms. The molecule has 5 heteroatoms. The summed E-state index contributed by atoms with van der Waals surface area (Å²) < 4.78 is 1.99. The summed E-state index contributed by atoms with van der Waals surface area (Å²) in [4.78, 5) is 20.4. The third kappa shape index (κ3) is 4.03. The van der Waals surface area contributed by atoms with E-state index in [4.69, 9.17) is 0 Å². The second kappa shape index (κ2) is 7.35. The molecule has 5 nitrogen and oxygen atoms in total. The molecular weight excluding hydrogens is 288 g/mol. The largest absolute Gasteiger partial charge is 0.352 e. The van der Waals surface area contributed by atoms with E-state index in [-0.39, 0.29) is 5.91 Å². The van der Waals surface area contributed by atoms with E-state index < -0.39 is 0 Å². The van der Waals surface area contributed by atoms with Crippen LogP contribution in [0.25, 0.3) is 11.1 Å². The van der Waals surface area contributed by atoms with Crippen LogP contribution in [-0.4, -0.2) is 27.0 Å². The first kappa shape index (κ1) is 15.0. The predicted molar refractivity (Wildman–Crippen MR) is 88.9 cm³/mol. The summed E-state index contributed by atoms with van der Waals surface area (Å²) in [5.41, 5.74) is 2.57. The predicted octanol–water partition coefficient (Wildman–Crippen LogP) is 2.77. The van der Waals surface area contributed by atoms with Crippen LogP contribution >= 0.6 is 0 Å². The topological polar surface area (TPSA) is 59.8 Å². The Morgan fingerprint density at radius 1 is 1.09 bits per heavy atom. The van der Waals surface area contributed by atoms with Crippen LogP contribution in [0.2, 0.25) is 0 Å². The van der Waals surface area contributed by atoms with Gasteiger partial charge in [0.1, 0.15) is 0 Å². The summed E-state index contributed by atoms with van der Waals surface area (Å²) >= 11 is 0. The van der Waals surface area contributed by atoms with Crippen LogP contribution in [0.5, 0.6) is 0 Å². The molecule has 2 heterocycles. The van der Waals surface area contributed by atoms with Crippen molar-refractivity contribution in [2.24, 2.45) is 0 Å². The molecule has 0 unspecified atom stereocenters. The van der Waals surface area contributed by atoms with E-state index in [9.17, 15) is 4.79 Å². The number of aromatic nitrogens is 3. The molecule has 3 rings (SSSR count). The van der Waals surface area contributed by atoms with Crippen LogP contribution in [0.15, 0.2) is 67.5 Å². The number of carbonyl (C=O) groups is 1. The fourth-order valence-electron chi connectivity index (χ4n) is 2.34. The molecule has 0 atom stereocenters. The van der Waals surface area contributed by atoms with Crippen LogP contribution in [-0.2, 0) is 6.54 Å². The van der Waals surface area contributed by atoms with E-state index in [0.29, 0.717) is 12.1 Å². The molecule has 116 valence electrons. The molecule has 2 aromatic heterocycles. The van der Waals surface area contributed by atoms with Gasteiger partial charge in [-0.2, -0.15) is 0 Å². The van der Waals surface area contributed by atoms with Crippen molar-refractivity contribution >= 4 is 5.91 Å². The number of imidazole rings is 1. The maximum atomic E-state index is 12.2. The molecule has 0 aliphatic heterocycles. The Labute approximate surface area is 135 Å². The number of pyridine rings is 1. The Balaban J connectivity index is 1.57. The molecule has 0 aliphatic rings. The fraction of sp³-hybridized carbons (Fsp3) is 0.167. The van der Waals surface area contributed by atoms with E-state index >= 15 is 0 Å². The van der Waals surface area contributed by atoms with Crippen molar-refractivity contribution in [3.63, 3.8) is 0 Å². The average Bonchev–Trinajstić information content (AvgIpc) is 3.13. The maximum absolute atomic E-state index is 12.2. The highest BCUT2D eigenvalue weighted by Gasteiger charge is 2.07. The van der Waals surface area contributed by atoms with Crippen LogP contribution in [0.4, 0.5) is 0 Å². The molecular formula is C18H18N4O. The summed E-state index contributed by atoms with van der Waals surface area (Å²) in [5.74, 6) is -0.0964. The van der Waals surface area contributed by atoms with Crippen molar-refractivity contribution in [2.75, 3.05) is 6.54 Å². The maximum Gasteiger partial charge on any atom is 0.252 e. The molecule has 0 saturated carbocycles. The quantitative estimate of drug-likeness (QED) is 0.712. The van der Waals surface area contributed by atoms with E-state index in [1.807, 2.05) is 47.2 Å². The van der Waals surface area contributed by atoms with Gasteiger partial charge in [0.05, 0.1) is 11.9 Å². The number of hydrogen-bond donors (Lipinski definition) is 1. The average molecular weight is 306 g/mol. The van der Waals surface area contributed by atoms with Crippen LogP contribution < -0.4 is 5.32 Å². The number of hydrogen-bond acceptors (Lipinski definition) is 3. The molecule has 0 bridgehead atoms. The third-order valence-corrected chi connectivity index (χ3v) is 3.55. The monoisotopic (exact) mass is 306 g/mol. The fourth-order valence-corrected chi connectivity index (χ4v) is 2.34. The highest BCUT2D eigenvalue weighted by Crippen LogP contribution is 2.18. The molecule has 0 fully saturated rings. The van der Waals surface area contributed by atoms with Crippen molar-refractivity contribution in [1.29, 1.82) is 0 Å². The number of amides is 1. The molecule has 0 radical (unpaired) electrons. The summed E-state index contributed by atoms with van der Waals surface area (Å²) in [6.07, 6.45) is 9.65. The smallest absolute Gasteiger partial charge is 0.252 e. The Morgan fingerprint density at radius 2 is 1.96 bits per heavy atom. The van der Waals surface area contributed by atoms with Gasteiger partial charge in [0.15, 0.2) is 0 Å². The lowest BCUT2D eigenvalue weighted by Gasteiger charge is -2.07. The van der Waals surface area contributed by atoms with E-state index in [2.05, 4.69) is 15.3 Å². The summed E-state index contributed by atoms with van der Waals surface area (Å²) in [7, 11) is 0. The van der Waals surface area contributed by atoms with E-state index in [1.165, 1.54) is 0 Å². The highest BCUT2D eigenvalue weighted by atomic mass is 16.1. The Bertz CT molecular complexity index is 754. The van der Waals surface area contributed by atoms with Crippen molar-refractivity contribution in [1.82, 2.24) is 19.9 Å². The molecule has 1 N–H and O–H groups in total. The van der Waals surface area contributed by atoms with Gasteiger partial charge < -0.3 is 9.88 Å². The molecule has 0 saturated heterocycles. The van der Waals surface area contributed by atoms with Gasteiger partial charge in [0, 0.05) is 43.4 Å². The molecule has 3 aromatic rings. The SMILES string of the molecule is O=C(NCCCn1ccnc1)c1cncc(-c2ccccc2)c1. The first-order valence-corrected chi connectivity index (χ1v) is 7.57. The van der Waals surface area contributed by atoms with Crippen LogP contribution in [0.3, 0.4) is 0 Å². The zero-order valence-electron chi connectivity index (χ0n) is 12.7. The number of rotatable bonds is 6. The Kier molecular flexibility index (Phi) is 4.79. The summed E-state index contributed by atoms with van der Waals surface area (Å²) in [6, 6.07) is 11.8. The van der Waals surface area contributed by atoms with Gasteiger partial charge in [0.2, 0.25) is 0 Å². The highest BCUT2D eigenvalue weighted by molar-refractivity contribution is 5.95. The third-order valence-electron chi connectivity index (χ3n) is 3.55. The van der Waals surface area contributed by atoms with Gasteiger partial charge in [-0.25, -0.2) is 4.98 Å². The number of carbonyl (C=O) groups excluding carboxylic acids is 1. The molecule has 23 heavy (non-hydrogen) atoms. The second-order valence-corrected chi connectivity index (χ2v) is 5.24. The van der Waals surface area contributed by atoms with Gasteiger partial charge in [-0.1, -0.05) is 30.3 Å². The molecule has 0 aliphatic carbocycles. The first-order chi connectivity index (χ1) is 11.3. The lowest BCUT2D eigenvalue weighted by molar-refractivity contribution is 0.0952. The van der Waals surface area contributed by atoms with Gasteiger partial charge in [-0.3, -0.25) is 9.78 Å². The zero-order valence-corrected chi connectivity index (χ0v) is 12.7. The lowest BCUT2D eigenvalue weighted by atomic mass is 10.1. The number of aryl methyl sites for hydroxylation is 1. The van der Waals surface area contributed by atoms with Gasteiger partial charge in [-0.15, -0.1) is 0 Å². The minimum atomic E-state index is -0.0964. The Morgan fingerprint density at radius 3 is 2.74 bits per heavy atom. The van der Waals surface area contributed by atoms with Gasteiger partial charge in [-0.05, 0) is 18.1 Å². The van der Waals surface area contributed by atoms with Crippen LogP contribution in [0, 0.1) is 0 Å². The summed E-state index contributed by atoms with van der Waals surface area (Å²) in [6.45, 7) is 1.45. The Hall–Kier alpha value is -2.95. The lowest BCUT2D eigenvalue weighted by Crippen LogP contribution is -2.25. The van der Waals surface area contributed by atoms with Crippen molar-refractivity contribution in [3.8, 4) is 11.1 Å². The van der Waals surface area contributed by atoms with E-state index in [0.717, 1.165) is 24.1 Å². The van der Waals surface area contributed by atoms with Crippen LogP contribution in [0.1, 0.15) is 16.8 Å². The van der Waals surface area contributed by atoms with Crippen molar-refractivity contribution in [2.45, 2.75) is 13.0 Å². The minimum Gasteiger partial charge on any atom is -0.352 e. The van der Waals surface area contributed by atoms with Crippen molar-refractivity contribution in [3.05, 3.63) is 73.1 Å². The number of nitrogens with zero attached hydrogens (tertiary/aromatic N) is 3. The standard InChI is InChI=1S/C18H18N4O/c23-18(21-7-4-9-22-10-8-19-14-22)17-11-16(12-20-13-17)15-5-2-1-3-6-15/h1-3,5-6,8,10-14H,4,7,9H2,(H,21,23). The zero-order chi connectivity index (χ0) is 15.9. The first-order valence-electron chi connectivity index (χ1n) is 7.57. The minimum absolute atomic E-state index is 0.0964. The molecule has 1 aromatic carbocycles. The number of benzene rings is 1.